The molecule has 0 aromatic heterocycles. The lowest BCUT2D eigenvalue weighted by Crippen LogP contribution is -2.35. The number of carbonyl (C=O) groups is 1. The van der Waals surface area contributed by atoms with E-state index in [9.17, 15) is 4.79 Å². The fraction of sp³-hybridized carbons (Fsp3) is 0.462. The monoisotopic (exact) mass is 254 g/mol. The molecule has 2 rings (SSSR count). The van der Waals surface area contributed by atoms with Gasteiger partial charge in [-0.2, -0.15) is 0 Å². The van der Waals surface area contributed by atoms with E-state index in [1.807, 2.05) is 11.9 Å². The number of amides is 1. The third-order valence-electron chi connectivity index (χ3n) is 3.35. The molecule has 0 saturated heterocycles. The molecule has 1 aromatic rings. The van der Waals surface area contributed by atoms with Crippen molar-refractivity contribution in [3.8, 4) is 0 Å². The lowest BCUT2D eigenvalue weighted by atomic mass is 10.1. The number of hydrogen-bond acceptors (Lipinski definition) is 2. The zero-order chi connectivity index (χ0) is 11.5. The van der Waals surface area contributed by atoms with Crippen LogP contribution in [0, 0.1) is 0 Å². The number of halogens is 1. The number of rotatable bonds is 2. The molecule has 0 atom stereocenters. The van der Waals surface area contributed by atoms with Crippen molar-refractivity contribution in [1.82, 2.24) is 4.90 Å². The summed E-state index contributed by atoms with van der Waals surface area (Å²) in [5.41, 5.74) is 7.02. The van der Waals surface area contributed by atoms with Crippen molar-refractivity contribution in [3.63, 3.8) is 0 Å². The smallest absolute Gasteiger partial charge is 0.253 e. The summed E-state index contributed by atoms with van der Waals surface area (Å²) in [6.07, 6.45) is 4.75. The van der Waals surface area contributed by atoms with Crippen LogP contribution in [0.15, 0.2) is 24.3 Å². The Kier molecular flexibility index (Phi) is 4.82. The Labute approximate surface area is 108 Å². The number of carbonyl (C=O) groups excluding carboxylic acids is 1. The van der Waals surface area contributed by atoms with Crippen molar-refractivity contribution < 1.29 is 4.79 Å². The number of hydrogen-bond donors (Lipinski definition) is 1. The highest BCUT2D eigenvalue weighted by Gasteiger charge is 2.23. The SMILES string of the molecule is CN(C(=O)c1ccc(N)cc1)C1CCCC1.Cl. The third kappa shape index (κ3) is 3.13. The van der Waals surface area contributed by atoms with Gasteiger partial charge in [0.05, 0.1) is 0 Å². The fourth-order valence-electron chi connectivity index (χ4n) is 2.29. The van der Waals surface area contributed by atoms with Gasteiger partial charge in [-0.3, -0.25) is 4.79 Å². The number of anilines is 1. The van der Waals surface area contributed by atoms with Gasteiger partial charge in [0.1, 0.15) is 0 Å². The predicted molar refractivity (Wildman–Crippen MR) is 72.5 cm³/mol. The molecule has 1 saturated carbocycles. The van der Waals surface area contributed by atoms with Gasteiger partial charge in [-0.1, -0.05) is 12.8 Å². The molecule has 17 heavy (non-hydrogen) atoms. The highest BCUT2D eigenvalue weighted by Crippen LogP contribution is 2.23. The Morgan fingerprint density at radius 1 is 1.24 bits per heavy atom. The average molecular weight is 255 g/mol. The standard InChI is InChI=1S/C13H18N2O.ClH/c1-15(12-4-2-3-5-12)13(16)10-6-8-11(14)9-7-10;/h6-9,12H,2-5,14H2,1H3;1H. The first-order chi connectivity index (χ1) is 7.68. The largest absolute Gasteiger partial charge is 0.399 e. The Balaban J connectivity index is 0.00000144. The minimum absolute atomic E-state index is 0. The Hall–Kier alpha value is -1.22. The second kappa shape index (κ2) is 5.92. The van der Waals surface area contributed by atoms with E-state index >= 15 is 0 Å². The minimum Gasteiger partial charge on any atom is -0.399 e. The summed E-state index contributed by atoms with van der Waals surface area (Å²) in [5.74, 6) is 0.104. The maximum atomic E-state index is 12.1. The molecule has 0 spiro atoms. The van der Waals surface area contributed by atoms with Gasteiger partial charge in [0, 0.05) is 24.3 Å². The second-order valence-corrected chi connectivity index (χ2v) is 4.48. The van der Waals surface area contributed by atoms with Crippen LogP contribution in [0.2, 0.25) is 0 Å². The summed E-state index contributed by atoms with van der Waals surface area (Å²) in [6, 6.07) is 7.56. The Morgan fingerprint density at radius 3 is 2.29 bits per heavy atom. The van der Waals surface area contributed by atoms with Crippen LogP contribution in [0.4, 0.5) is 5.69 Å². The molecule has 1 fully saturated rings. The third-order valence-corrected chi connectivity index (χ3v) is 3.35. The van der Waals surface area contributed by atoms with Crippen molar-refractivity contribution in [1.29, 1.82) is 0 Å². The van der Waals surface area contributed by atoms with E-state index in [1.54, 1.807) is 24.3 Å². The van der Waals surface area contributed by atoms with E-state index in [4.69, 9.17) is 5.73 Å². The molecule has 1 aliphatic rings. The average Bonchev–Trinajstić information content (AvgIpc) is 2.81. The molecule has 0 bridgehead atoms. The fourth-order valence-corrected chi connectivity index (χ4v) is 2.29. The van der Waals surface area contributed by atoms with Crippen LogP contribution in [0.1, 0.15) is 36.0 Å². The lowest BCUT2D eigenvalue weighted by Gasteiger charge is -2.24. The van der Waals surface area contributed by atoms with Crippen molar-refractivity contribution in [2.75, 3.05) is 12.8 Å². The van der Waals surface area contributed by atoms with Gasteiger partial charge < -0.3 is 10.6 Å². The molecule has 1 aromatic carbocycles. The molecule has 4 heteroatoms. The molecular formula is C13H19ClN2O. The predicted octanol–water partition coefficient (Wildman–Crippen LogP) is 2.71. The van der Waals surface area contributed by atoms with Crippen LogP contribution in [0.25, 0.3) is 0 Å². The molecule has 0 unspecified atom stereocenters. The second-order valence-electron chi connectivity index (χ2n) is 4.48. The van der Waals surface area contributed by atoms with Crippen molar-refractivity contribution in [2.24, 2.45) is 0 Å². The van der Waals surface area contributed by atoms with Gasteiger partial charge in [0.15, 0.2) is 0 Å². The summed E-state index contributed by atoms with van der Waals surface area (Å²) >= 11 is 0. The van der Waals surface area contributed by atoms with Crippen LogP contribution in [-0.2, 0) is 0 Å². The van der Waals surface area contributed by atoms with E-state index < -0.39 is 0 Å². The van der Waals surface area contributed by atoms with E-state index in [0.717, 1.165) is 18.4 Å². The van der Waals surface area contributed by atoms with E-state index in [-0.39, 0.29) is 18.3 Å². The molecular weight excluding hydrogens is 236 g/mol. The van der Waals surface area contributed by atoms with E-state index in [1.165, 1.54) is 12.8 Å². The molecule has 1 amide bonds. The van der Waals surface area contributed by atoms with Crippen LogP contribution < -0.4 is 5.73 Å². The van der Waals surface area contributed by atoms with Gasteiger partial charge in [0.25, 0.3) is 5.91 Å². The van der Waals surface area contributed by atoms with E-state index in [0.29, 0.717) is 11.7 Å². The molecule has 0 heterocycles. The van der Waals surface area contributed by atoms with Crippen LogP contribution in [-0.4, -0.2) is 23.9 Å². The van der Waals surface area contributed by atoms with E-state index in [2.05, 4.69) is 0 Å². The van der Waals surface area contributed by atoms with Gasteiger partial charge in [0.2, 0.25) is 0 Å². The number of nitrogens with two attached hydrogens (primary N) is 1. The molecule has 94 valence electrons. The number of benzene rings is 1. The summed E-state index contributed by atoms with van der Waals surface area (Å²) in [4.78, 5) is 14.0. The van der Waals surface area contributed by atoms with Gasteiger partial charge in [-0.25, -0.2) is 0 Å². The van der Waals surface area contributed by atoms with Crippen molar-refractivity contribution in [3.05, 3.63) is 29.8 Å². The van der Waals surface area contributed by atoms with Crippen LogP contribution in [0.3, 0.4) is 0 Å². The summed E-state index contributed by atoms with van der Waals surface area (Å²) in [5, 5.41) is 0. The lowest BCUT2D eigenvalue weighted by molar-refractivity contribution is 0.0735. The first-order valence-corrected chi connectivity index (χ1v) is 5.81. The topological polar surface area (TPSA) is 46.3 Å². The van der Waals surface area contributed by atoms with Gasteiger partial charge in [-0.15, -0.1) is 12.4 Å². The summed E-state index contributed by atoms with van der Waals surface area (Å²) < 4.78 is 0. The first-order valence-electron chi connectivity index (χ1n) is 5.81. The molecule has 0 aliphatic heterocycles. The molecule has 0 radical (unpaired) electrons. The molecule has 3 nitrogen and oxygen atoms in total. The zero-order valence-electron chi connectivity index (χ0n) is 10.1. The van der Waals surface area contributed by atoms with Crippen LogP contribution in [0.5, 0.6) is 0 Å². The molecule has 2 N–H and O–H groups in total. The molecule has 1 aliphatic carbocycles. The minimum atomic E-state index is 0. The number of nitrogens with zero attached hydrogens (tertiary/aromatic N) is 1. The summed E-state index contributed by atoms with van der Waals surface area (Å²) in [7, 11) is 1.90. The van der Waals surface area contributed by atoms with Gasteiger partial charge >= 0.3 is 0 Å². The Morgan fingerprint density at radius 2 is 1.76 bits per heavy atom. The van der Waals surface area contributed by atoms with Crippen molar-refractivity contribution in [2.45, 2.75) is 31.7 Å². The highest BCUT2D eigenvalue weighted by atomic mass is 35.5. The maximum Gasteiger partial charge on any atom is 0.253 e. The highest BCUT2D eigenvalue weighted by molar-refractivity contribution is 5.94. The van der Waals surface area contributed by atoms with Crippen molar-refractivity contribution >= 4 is 24.0 Å². The summed E-state index contributed by atoms with van der Waals surface area (Å²) in [6.45, 7) is 0. The first kappa shape index (κ1) is 13.8. The Bertz CT molecular complexity index is 372. The zero-order valence-corrected chi connectivity index (χ0v) is 10.9. The maximum absolute atomic E-state index is 12.1. The van der Waals surface area contributed by atoms with Crippen LogP contribution >= 0.6 is 12.4 Å². The number of nitrogen functional groups attached to an aromatic ring is 1. The quantitative estimate of drug-likeness (QED) is 0.825. The van der Waals surface area contributed by atoms with Gasteiger partial charge in [-0.05, 0) is 37.1 Å². The normalized spacial score (nSPS) is 15.4.